The third kappa shape index (κ3) is 4.74. The smallest absolute Gasteiger partial charge is 0.352 e. The van der Waals surface area contributed by atoms with E-state index in [2.05, 4.69) is 9.97 Å². The molecule has 0 unspecified atom stereocenters. The fourth-order valence-electron chi connectivity index (χ4n) is 1.21. The van der Waals surface area contributed by atoms with Gasteiger partial charge in [-0.05, 0) is 18.2 Å². The lowest BCUT2D eigenvalue weighted by Crippen LogP contribution is -2.05. The van der Waals surface area contributed by atoms with Crippen LogP contribution in [0.1, 0.15) is 10.5 Å². The Labute approximate surface area is 121 Å². The molecule has 0 aliphatic heterocycles. The van der Waals surface area contributed by atoms with Gasteiger partial charge in [0.1, 0.15) is 5.69 Å². The van der Waals surface area contributed by atoms with Gasteiger partial charge >= 0.3 is 5.97 Å². The van der Waals surface area contributed by atoms with Crippen molar-refractivity contribution in [3.8, 4) is 11.3 Å². The molecule has 0 saturated heterocycles. The van der Waals surface area contributed by atoms with Gasteiger partial charge in [-0.3, -0.25) is 10.4 Å². The van der Waals surface area contributed by atoms with Crippen LogP contribution in [-0.4, -0.2) is 46.4 Å². The fraction of sp³-hybridized carbons (Fsp3) is 0.154. The molecule has 0 aliphatic carbocycles. The summed E-state index contributed by atoms with van der Waals surface area (Å²) in [4.78, 5) is 19.0. The van der Waals surface area contributed by atoms with Crippen molar-refractivity contribution in [3.63, 3.8) is 0 Å². The van der Waals surface area contributed by atoms with E-state index in [1.807, 2.05) is 14.1 Å². The average molecular weight is 295 g/mol. The zero-order valence-corrected chi connectivity index (χ0v) is 11.8. The third-order valence-corrected chi connectivity index (χ3v) is 2.42. The van der Waals surface area contributed by atoms with Crippen molar-refractivity contribution in [1.29, 1.82) is 5.41 Å². The second-order valence-corrected chi connectivity index (χ2v) is 4.50. The molecule has 3 N–H and O–H groups in total. The van der Waals surface area contributed by atoms with Crippen molar-refractivity contribution in [1.82, 2.24) is 14.9 Å². The summed E-state index contributed by atoms with van der Waals surface area (Å²) in [7, 11) is 3.62. The Bertz CT molecular complexity index is 578. The maximum atomic E-state index is 10.6. The predicted octanol–water partition coefficient (Wildman–Crippen LogP) is 2.58. The SMILES string of the molecule is CN(C)C=N.O=C(O)c1cc(-c2ccc(Cl)cn2)c[nH]1. The number of pyridine rings is 1. The molecule has 0 amide bonds. The van der Waals surface area contributed by atoms with Crippen LogP contribution < -0.4 is 0 Å². The lowest BCUT2D eigenvalue weighted by molar-refractivity contribution is 0.0691. The molecule has 0 atom stereocenters. The molecule has 2 rings (SSSR count). The minimum atomic E-state index is -0.991. The van der Waals surface area contributed by atoms with Crippen LogP contribution in [0.2, 0.25) is 5.02 Å². The van der Waals surface area contributed by atoms with E-state index >= 15 is 0 Å². The molecule has 2 aromatic rings. The van der Waals surface area contributed by atoms with Crippen LogP contribution >= 0.6 is 11.6 Å². The van der Waals surface area contributed by atoms with Crippen molar-refractivity contribution in [3.05, 3.63) is 41.3 Å². The first-order valence-electron chi connectivity index (χ1n) is 5.64. The number of halogens is 1. The lowest BCUT2D eigenvalue weighted by atomic mass is 10.2. The molecular formula is C13H15ClN4O2. The first kappa shape index (κ1) is 15.7. The Morgan fingerprint density at radius 2 is 2.15 bits per heavy atom. The minimum absolute atomic E-state index is 0.141. The van der Waals surface area contributed by atoms with Crippen molar-refractivity contribution in [2.24, 2.45) is 0 Å². The van der Waals surface area contributed by atoms with E-state index in [0.717, 1.165) is 5.56 Å². The maximum Gasteiger partial charge on any atom is 0.352 e. The maximum absolute atomic E-state index is 10.6. The fourth-order valence-corrected chi connectivity index (χ4v) is 1.32. The first-order chi connectivity index (χ1) is 9.43. The highest BCUT2D eigenvalue weighted by Crippen LogP contribution is 2.19. The molecule has 20 heavy (non-hydrogen) atoms. The number of hydrogen-bond donors (Lipinski definition) is 3. The topological polar surface area (TPSA) is 93.1 Å². The number of carbonyl (C=O) groups is 1. The number of carboxylic acid groups (broad SMARTS) is 1. The van der Waals surface area contributed by atoms with Gasteiger partial charge in [-0.1, -0.05) is 11.6 Å². The number of aromatic carboxylic acids is 1. The van der Waals surface area contributed by atoms with Gasteiger partial charge in [0, 0.05) is 32.1 Å². The first-order valence-corrected chi connectivity index (χ1v) is 6.02. The Kier molecular flexibility index (Phi) is 5.74. The number of H-pyrrole nitrogens is 1. The molecule has 0 fully saturated rings. The van der Waals surface area contributed by atoms with Crippen LogP contribution in [0, 0.1) is 5.41 Å². The molecular weight excluding hydrogens is 280 g/mol. The molecule has 6 nitrogen and oxygen atoms in total. The molecule has 0 aromatic carbocycles. The van der Waals surface area contributed by atoms with Gasteiger partial charge in [-0.2, -0.15) is 0 Å². The van der Waals surface area contributed by atoms with E-state index in [9.17, 15) is 4.79 Å². The number of aromatic nitrogens is 2. The Balaban J connectivity index is 0.000000347. The van der Waals surface area contributed by atoms with Crippen molar-refractivity contribution < 1.29 is 9.90 Å². The van der Waals surface area contributed by atoms with Gasteiger partial charge in [0.15, 0.2) is 0 Å². The van der Waals surface area contributed by atoms with E-state index in [1.54, 1.807) is 23.2 Å². The van der Waals surface area contributed by atoms with Crippen molar-refractivity contribution in [2.45, 2.75) is 0 Å². The number of hydrogen-bond acceptors (Lipinski definition) is 3. The number of rotatable bonds is 3. The van der Waals surface area contributed by atoms with Gasteiger partial charge < -0.3 is 15.0 Å². The van der Waals surface area contributed by atoms with E-state index in [0.29, 0.717) is 10.7 Å². The Morgan fingerprint density at radius 3 is 2.55 bits per heavy atom. The minimum Gasteiger partial charge on any atom is -0.477 e. The van der Waals surface area contributed by atoms with Crippen molar-refractivity contribution >= 4 is 23.9 Å². The Morgan fingerprint density at radius 1 is 1.50 bits per heavy atom. The largest absolute Gasteiger partial charge is 0.477 e. The highest BCUT2D eigenvalue weighted by Gasteiger charge is 2.07. The number of nitrogens with one attached hydrogen (secondary N) is 2. The van der Waals surface area contributed by atoms with Crippen LogP contribution in [0.5, 0.6) is 0 Å². The van der Waals surface area contributed by atoms with E-state index in [1.165, 1.54) is 18.6 Å². The van der Waals surface area contributed by atoms with Crippen molar-refractivity contribution in [2.75, 3.05) is 14.1 Å². The molecule has 0 aliphatic rings. The number of carboxylic acids is 1. The van der Waals surface area contributed by atoms with Gasteiger partial charge in [0.05, 0.1) is 17.1 Å². The number of aromatic amines is 1. The summed E-state index contributed by atoms with van der Waals surface area (Å²) in [5.74, 6) is -0.991. The monoisotopic (exact) mass is 294 g/mol. The molecule has 2 heterocycles. The van der Waals surface area contributed by atoms with Gasteiger partial charge in [0.2, 0.25) is 0 Å². The molecule has 0 radical (unpaired) electrons. The highest BCUT2D eigenvalue weighted by atomic mass is 35.5. The van der Waals surface area contributed by atoms with Crippen LogP contribution in [0.3, 0.4) is 0 Å². The Hall–Kier alpha value is -2.34. The predicted molar refractivity (Wildman–Crippen MR) is 78.5 cm³/mol. The molecule has 0 saturated carbocycles. The van der Waals surface area contributed by atoms with Crippen LogP contribution in [0.15, 0.2) is 30.6 Å². The van der Waals surface area contributed by atoms with E-state index in [-0.39, 0.29) is 5.69 Å². The van der Waals surface area contributed by atoms with E-state index < -0.39 is 5.97 Å². The van der Waals surface area contributed by atoms with E-state index in [4.69, 9.17) is 22.1 Å². The summed E-state index contributed by atoms with van der Waals surface area (Å²) >= 11 is 5.69. The number of nitrogens with zero attached hydrogens (tertiary/aromatic N) is 2. The highest BCUT2D eigenvalue weighted by molar-refractivity contribution is 6.30. The summed E-state index contributed by atoms with van der Waals surface area (Å²) in [5.41, 5.74) is 1.55. The van der Waals surface area contributed by atoms with Gasteiger partial charge in [0.25, 0.3) is 0 Å². The average Bonchev–Trinajstić information content (AvgIpc) is 2.90. The molecule has 106 valence electrons. The summed E-state index contributed by atoms with van der Waals surface area (Å²) < 4.78 is 0. The third-order valence-electron chi connectivity index (χ3n) is 2.19. The zero-order valence-electron chi connectivity index (χ0n) is 11.1. The van der Waals surface area contributed by atoms with Crippen LogP contribution in [-0.2, 0) is 0 Å². The summed E-state index contributed by atoms with van der Waals surface area (Å²) in [6.45, 7) is 0. The van der Waals surface area contributed by atoms with Gasteiger partial charge in [-0.15, -0.1) is 0 Å². The second-order valence-electron chi connectivity index (χ2n) is 4.06. The summed E-state index contributed by atoms with van der Waals surface area (Å²) in [5, 5.41) is 15.7. The standard InChI is InChI=1S/C10H7ClN2O2.C3H8N2/c11-7-1-2-8(13-5-7)6-3-9(10(14)15)12-4-6;1-5(2)3-4/h1-5,12H,(H,14,15);3-4H,1-2H3. The lowest BCUT2D eigenvalue weighted by Gasteiger charge is -1.96. The zero-order chi connectivity index (χ0) is 15.1. The normalized spacial score (nSPS) is 9.35. The van der Waals surface area contributed by atoms with Gasteiger partial charge in [-0.25, -0.2) is 4.79 Å². The summed E-state index contributed by atoms with van der Waals surface area (Å²) in [6, 6.07) is 4.97. The molecule has 2 aromatic heterocycles. The summed E-state index contributed by atoms with van der Waals surface area (Å²) in [6.07, 6.45) is 4.37. The molecule has 0 spiro atoms. The van der Waals surface area contributed by atoms with Crippen LogP contribution in [0.4, 0.5) is 0 Å². The molecule has 7 heteroatoms. The quantitative estimate of drug-likeness (QED) is 0.599. The molecule has 0 bridgehead atoms. The van der Waals surface area contributed by atoms with Crippen LogP contribution in [0.25, 0.3) is 11.3 Å². The second kappa shape index (κ2) is 7.30.